The van der Waals surface area contributed by atoms with Crippen molar-refractivity contribution in [2.75, 3.05) is 25.5 Å². The fourth-order valence-corrected chi connectivity index (χ4v) is 1.67. The van der Waals surface area contributed by atoms with Gasteiger partial charge in [-0.3, -0.25) is 4.55 Å². The molecule has 4 N–H and O–H groups in total. The highest BCUT2D eigenvalue weighted by atomic mass is 32.2. The van der Waals surface area contributed by atoms with Crippen molar-refractivity contribution in [2.24, 2.45) is 0 Å². The molecule has 92 valence electrons. The number of aliphatic hydroxyl groups is 2. The summed E-state index contributed by atoms with van der Waals surface area (Å²) in [7, 11) is -3.89. The third-order valence-electron chi connectivity index (χ3n) is 1.94. The van der Waals surface area contributed by atoms with Crippen LogP contribution in [0.5, 0.6) is 0 Å². The van der Waals surface area contributed by atoms with Crippen LogP contribution < -0.4 is 5.32 Å². The van der Waals surface area contributed by atoms with Crippen LogP contribution in [0.15, 0.2) is 0 Å². The van der Waals surface area contributed by atoms with Gasteiger partial charge in [-0.25, -0.2) is 0 Å². The Morgan fingerprint density at radius 3 is 2.33 bits per heavy atom. The summed E-state index contributed by atoms with van der Waals surface area (Å²) in [6.07, 6.45) is 1.53. The first-order valence-electron chi connectivity index (χ1n) is 4.90. The van der Waals surface area contributed by atoms with Gasteiger partial charge in [0.2, 0.25) is 0 Å². The van der Waals surface area contributed by atoms with E-state index in [4.69, 9.17) is 14.8 Å². The Bertz CT molecular complexity index is 241. The van der Waals surface area contributed by atoms with Gasteiger partial charge in [-0.05, 0) is 25.8 Å². The molecule has 0 amide bonds. The molecule has 0 heterocycles. The fraction of sp³-hybridized carbons (Fsp3) is 1.00. The Hall–Kier alpha value is -0.210. The molecule has 0 saturated heterocycles. The molecule has 6 nitrogen and oxygen atoms in total. The van der Waals surface area contributed by atoms with Crippen LogP contribution in [0, 0.1) is 0 Å². The van der Waals surface area contributed by atoms with E-state index in [0.29, 0.717) is 25.8 Å². The van der Waals surface area contributed by atoms with Crippen LogP contribution in [0.4, 0.5) is 0 Å². The molecule has 1 atom stereocenters. The van der Waals surface area contributed by atoms with E-state index in [1.54, 1.807) is 0 Å². The van der Waals surface area contributed by atoms with Gasteiger partial charge in [0.05, 0.1) is 12.4 Å². The normalized spacial score (nSPS) is 14.1. The number of nitrogens with one attached hydrogen (secondary N) is 1. The van der Waals surface area contributed by atoms with Crippen LogP contribution in [0.1, 0.15) is 19.3 Å². The second-order valence-corrected chi connectivity index (χ2v) is 4.91. The van der Waals surface area contributed by atoms with Crippen molar-refractivity contribution in [3.8, 4) is 0 Å². The van der Waals surface area contributed by atoms with Crippen molar-refractivity contribution in [3.05, 3.63) is 0 Å². The number of aliphatic hydroxyl groups excluding tert-OH is 2. The molecule has 0 aliphatic carbocycles. The molecule has 0 saturated carbocycles. The van der Waals surface area contributed by atoms with Crippen molar-refractivity contribution in [1.82, 2.24) is 5.32 Å². The first-order valence-corrected chi connectivity index (χ1v) is 6.50. The molecule has 0 aliphatic rings. The van der Waals surface area contributed by atoms with Gasteiger partial charge in [0.25, 0.3) is 10.1 Å². The summed E-state index contributed by atoms with van der Waals surface area (Å²) in [6, 6.07) is -0.126. The van der Waals surface area contributed by atoms with E-state index in [1.165, 1.54) is 0 Å². The summed E-state index contributed by atoms with van der Waals surface area (Å²) in [6.45, 7) is 0.436. The number of rotatable bonds is 9. The highest BCUT2D eigenvalue weighted by molar-refractivity contribution is 7.85. The maximum absolute atomic E-state index is 10.4. The number of hydrogen-bond donors (Lipinski definition) is 4. The fourth-order valence-electron chi connectivity index (χ4n) is 1.16. The summed E-state index contributed by atoms with van der Waals surface area (Å²) < 4.78 is 29.2. The molecular formula is C8H19NO5S. The highest BCUT2D eigenvalue weighted by Gasteiger charge is 2.07. The van der Waals surface area contributed by atoms with Gasteiger partial charge >= 0.3 is 0 Å². The van der Waals surface area contributed by atoms with Gasteiger partial charge in [0.1, 0.15) is 0 Å². The van der Waals surface area contributed by atoms with Crippen molar-refractivity contribution >= 4 is 10.1 Å². The molecule has 0 bridgehead atoms. The summed E-state index contributed by atoms with van der Waals surface area (Å²) in [5.74, 6) is -0.280. The maximum atomic E-state index is 10.4. The second kappa shape index (κ2) is 8.00. The lowest BCUT2D eigenvalue weighted by Crippen LogP contribution is -2.34. The predicted molar refractivity (Wildman–Crippen MR) is 56.2 cm³/mol. The zero-order valence-corrected chi connectivity index (χ0v) is 9.41. The van der Waals surface area contributed by atoms with E-state index in [-0.39, 0.29) is 25.0 Å². The van der Waals surface area contributed by atoms with Gasteiger partial charge < -0.3 is 15.5 Å². The van der Waals surface area contributed by atoms with Crippen LogP contribution in [0.2, 0.25) is 0 Å². The van der Waals surface area contributed by atoms with Crippen molar-refractivity contribution in [1.29, 1.82) is 0 Å². The Morgan fingerprint density at radius 1 is 1.20 bits per heavy atom. The molecule has 0 aromatic rings. The SMILES string of the molecule is O=S(=O)(O)CCCNC(CO)CCCO. The highest BCUT2D eigenvalue weighted by Crippen LogP contribution is 1.96. The van der Waals surface area contributed by atoms with E-state index in [0.717, 1.165) is 0 Å². The summed E-state index contributed by atoms with van der Waals surface area (Å²) in [5.41, 5.74) is 0. The lowest BCUT2D eigenvalue weighted by atomic mass is 10.2. The van der Waals surface area contributed by atoms with Crippen LogP contribution in [-0.4, -0.2) is 54.7 Å². The summed E-state index contributed by atoms with van der Waals surface area (Å²) in [5, 5.41) is 20.4. The van der Waals surface area contributed by atoms with Gasteiger partial charge in [-0.1, -0.05) is 0 Å². The zero-order valence-electron chi connectivity index (χ0n) is 8.59. The standard InChI is InChI=1S/C8H19NO5S/c10-5-1-3-8(7-11)9-4-2-6-15(12,13)14/h8-11H,1-7H2,(H,12,13,14). The van der Waals surface area contributed by atoms with E-state index in [9.17, 15) is 8.42 Å². The molecule has 0 radical (unpaired) electrons. The van der Waals surface area contributed by atoms with Crippen molar-refractivity contribution in [2.45, 2.75) is 25.3 Å². The molecule has 0 aromatic carbocycles. The topological polar surface area (TPSA) is 107 Å². The lowest BCUT2D eigenvalue weighted by molar-refractivity contribution is 0.218. The predicted octanol–water partition coefficient (Wildman–Crippen LogP) is -1.01. The minimum absolute atomic E-state index is 0.0497. The Kier molecular flexibility index (Phi) is 7.89. The first-order chi connectivity index (χ1) is 6.99. The molecule has 15 heavy (non-hydrogen) atoms. The molecule has 0 fully saturated rings. The van der Waals surface area contributed by atoms with Crippen molar-refractivity contribution in [3.63, 3.8) is 0 Å². The Balaban J connectivity index is 3.54. The first kappa shape index (κ1) is 14.8. The Morgan fingerprint density at radius 2 is 1.87 bits per heavy atom. The lowest BCUT2D eigenvalue weighted by Gasteiger charge is -2.15. The molecular weight excluding hydrogens is 222 g/mol. The van der Waals surface area contributed by atoms with E-state index in [2.05, 4.69) is 5.32 Å². The van der Waals surface area contributed by atoms with Gasteiger partial charge in [-0.2, -0.15) is 8.42 Å². The summed E-state index contributed by atoms with van der Waals surface area (Å²) >= 11 is 0. The monoisotopic (exact) mass is 241 g/mol. The van der Waals surface area contributed by atoms with Gasteiger partial charge in [0.15, 0.2) is 0 Å². The summed E-state index contributed by atoms with van der Waals surface area (Å²) in [4.78, 5) is 0. The minimum atomic E-state index is -3.89. The molecule has 0 rings (SSSR count). The van der Waals surface area contributed by atoms with Crippen LogP contribution >= 0.6 is 0 Å². The Labute approximate surface area is 90.1 Å². The van der Waals surface area contributed by atoms with Crippen LogP contribution in [0.25, 0.3) is 0 Å². The third-order valence-corrected chi connectivity index (χ3v) is 2.75. The third kappa shape index (κ3) is 10.1. The average molecular weight is 241 g/mol. The maximum Gasteiger partial charge on any atom is 0.264 e. The molecule has 0 aromatic heterocycles. The van der Waals surface area contributed by atoms with E-state index < -0.39 is 10.1 Å². The largest absolute Gasteiger partial charge is 0.396 e. The minimum Gasteiger partial charge on any atom is -0.396 e. The smallest absolute Gasteiger partial charge is 0.264 e. The average Bonchev–Trinajstić information content (AvgIpc) is 2.15. The second-order valence-electron chi connectivity index (χ2n) is 3.34. The van der Waals surface area contributed by atoms with Gasteiger partial charge in [-0.15, -0.1) is 0 Å². The molecule has 0 spiro atoms. The van der Waals surface area contributed by atoms with E-state index >= 15 is 0 Å². The van der Waals surface area contributed by atoms with Crippen LogP contribution in [0.3, 0.4) is 0 Å². The van der Waals surface area contributed by atoms with Gasteiger partial charge in [0, 0.05) is 12.6 Å². The number of hydrogen-bond acceptors (Lipinski definition) is 5. The quantitative estimate of drug-likeness (QED) is 0.304. The van der Waals surface area contributed by atoms with E-state index in [1.807, 2.05) is 0 Å². The van der Waals surface area contributed by atoms with Crippen molar-refractivity contribution < 1.29 is 23.2 Å². The molecule has 1 unspecified atom stereocenters. The van der Waals surface area contributed by atoms with Crippen LogP contribution in [-0.2, 0) is 10.1 Å². The molecule has 0 aliphatic heterocycles. The zero-order chi connectivity index (χ0) is 11.7. The molecule has 7 heteroatoms.